The van der Waals surface area contributed by atoms with Gasteiger partial charge in [0, 0.05) is 12.0 Å². The summed E-state index contributed by atoms with van der Waals surface area (Å²) in [5, 5.41) is 3.04. The zero-order chi connectivity index (χ0) is 15.9. The van der Waals surface area contributed by atoms with E-state index in [2.05, 4.69) is 19.2 Å². The number of carbonyl (C=O) groups excluding carboxylic acids is 1. The Morgan fingerprint density at radius 1 is 1.33 bits per heavy atom. The molecule has 1 amide bonds. The fraction of sp³-hybridized carbons (Fsp3) is 0.588. The van der Waals surface area contributed by atoms with Crippen LogP contribution in [0.4, 0.5) is 0 Å². The van der Waals surface area contributed by atoms with Gasteiger partial charge in [0.2, 0.25) is 5.91 Å². The number of carbonyl (C=O) groups is 1. The molecule has 0 heterocycles. The van der Waals surface area contributed by atoms with Gasteiger partial charge in [-0.05, 0) is 37.8 Å². The van der Waals surface area contributed by atoms with Gasteiger partial charge in [0.05, 0.1) is 13.2 Å². The van der Waals surface area contributed by atoms with Crippen molar-refractivity contribution in [2.45, 2.75) is 46.1 Å². The van der Waals surface area contributed by atoms with Gasteiger partial charge >= 0.3 is 0 Å². The molecule has 0 bridgehead atoms. The lowest BCUT2D eigenvalue weighted by atomic mass is 9.84. The Kier molecular flexibility index (Phi) is 6.69. The van der Waals surface area contributed by atoms with E-state index < -0.39 is 0 Å². The number of nitrogens with two attached hydrogens (primary N) is 1. The average molecular weight is 292 g/mol. The van der Waals surface area contributed by atoms with Crippen LogP contribution < -0.4 is 15.8 Å². The molecule has 1 rings (SSSR count). The van der Waals surface area contributed by atoms with Gasteiger partial charge < -0.3 is 15.8 Å². The zero-order valence-corrected chi connectivity index (χ0v) is 13.6. The fourth-order valence-corrected chi connectivity index (χ4v) is 2.38. The molecule has 4 nitrogen and oxygen atoms in total. The van der Waals surface area contributed by atoms with Crippen LogP contribution >= 0.6 is 0 Å². The van der Waals surface area contributed by atoms with E-state index in [0.717, 1.165) is 24.2 Å². The van der Waals surface area contributed by atoms with Crippen LogP contribution in [-0.2, 0) is 4.79 Å². The van der Waals surface area contributed by atoms with Crippen molar-refractivity contribution in [2.24, 2.45) is 11.1 Å². The second-order valence-electron chi connectivity index (χ2n) is 6.23. The molecule has 0 spiro atoms. The first kappa shape index (κ1) is 17.5. The van der Waals surface area contributed by atoms with Gasteiger partial charge in [0.15, 0.2) is 0 Å². The summed E-state index contributed by atoms with van der Waals surface area (Å²) in [4.78, 5) is 12.1. The Balaban J connectivity index is 2.54. The van der Waals surface area contributed by atoms with E-state index in [-0.39, 0.29) is 17.4 Å². The highest BCUT2D eigenvalue weighted by Crippen LogP contribution is 2.27. The van der Waals surface area contributed by atoms with Crippen molar-refractivity contribution in [3.63, 3.8) is 0 Å². The topological polar surface area (TPSA) is 64.3 Å². The van der Waals surface area contributed by atoms with E-state index in [1.54, 1.807) is 7.11 Å². The summed E-state index contributed by atoms with van der Waals surface area (Å²) < 4.78 is 5.33. The summed E-state index contributed by atoms with van der Waals surface area (Å²) in [6.07, 6.45) is 2.30. The van der Waals surface area contributed by atoms with Gasteiger partial charge in [-0.25, -0.2) is 0 Å². The highest BCUT2D eigenvalue weighted by Gasteiger charge is 2.19. The molecule has 0 aliphatic rings. The quantitative estimate of drug-likeness (QED) is 0.774. The van der Waals surface area contributed by atoms with E-state index in [1.807, 2.05) is 31.2 Å². The summed E-state index contributed by atoms with van der Waals surface area (Å²) in [6, 6.07) is 7.69. The number of para-hydroxylation sites is 1. The van der Waals surface area contributed by atoms with Crippen molar-refractivity contribution < 1.29 is 9.53 Å². The number of ether oxygens (including phenoxy) is 1. The smallest absolute Gasteiger partial charge is 0.220 e. The van der Waals surface area contributed by atoms with Crippen LogP contribution in [0.1, 0.15) is 51.6 Å². The molecule has 0 saturated heterocycles. The number of methoxy groups -OCH3 is 1. The molecular weight excluding hydrogens is 264 g/mol. The molecule has 0 aliphatic carbocycles. The third-order valence-corrected chi connectivity index (χ3v) is 3.83. The Labute approximate surface area is 128 Å². The largest absolute Gasteiger partial charge is 0.496 e. The third-order valence-electron chi connectivity index (χ3n) is 3.83. The second kappa shape index (κ2) is 8.03. The minimum atomic E-state index is -0.0636. The van der Waals surface area contributed by atoms with Crippen LogP contribution in [0.3, 0.4) is 0 Å². The maximum absolute atomic E-state index is 12.1. The molecule has 0 aromatic heterocycles. The lowest BCUT2D eigenvalue weighted by Crippen LogP contribution is -2.28. The minimum Gasteiger partial charge on any atom is -0.496 e. The van der Waals surface area contributed by atoms with E-state index in [9.17, 15) is 4.79 Å². The Morgan fingerprint density at radius 3 is 2.62 bits per heavy atom. The molecule has 0 saturated carbocycles. The molecule has 0 aliphatic heterocycles. The highest BCUT2D eigenvalue weighted by atomic mass is 16.5. The standard InChI is InChI=1S/C17H28N2O2/c1-13(14-7-5-6-8-15(14)21-4)19-16(20)9-10-17(2,3)11-12-18/h5-8,13H,9-12,18H2,1-4H3,(H,19,20)/t13-/m1/s1. The number of nitrogens with one attached hydrogen (secondary N) is 1. The van der Waals surface area contributed by atoms with Crippen molar-refractivity contribution in [1.29, 1.82) is 0 Å². The van der Waals surface area contributed by atoms with Crippen molar-refractivity contribution in [2.75, 3.05) is 13.7 Å². The SMILES string of the molecule is COc1ccccc1[C@@H](C)NC(=O)CCC(C)(C)CCN. The fourth-order valence-electron chi connectivity index (χ4n) is 2.38. The normalized spacial score (nSPS) is 12.8. The molecule has 21 heavy (non-hydrogen) atoms. The van der Waals surface area contributed by atoms with Gasteiger partial charge in [-0.1, -0.05) is 32.0 Å². The van der Waals surface area contributed by atoms with Gasteiger partial charge in [-0.15, -0.1) is 0 Å². The second-order valence-corrected chi connectivity index (χ2v) is 6.23. The molecule has 0 fully saturated rings. The summed E-state index contributed by atoms with van der Waals surface area (Å²) >= 11 is 0. The van der Waals surface area contributed by atoms with Gasteiger partial charge in [-0.3, -0.25) is 4.79 Å². The Hall–Kier alpha value is -1.55. The van der Waals surface area contributed by atoms with Crippen molar-refractivity contribution in [1.82, 2.24) is 5.32 Å². The van der Waals surface area contributed by atoms with Crippen LogP contribution in [0.2, 0.25) is 0 Å². The maximum Gasteiger partial charge on any atom is 0.220 e. The first-order valence-corrected chi connectivity index (χ1v) is 7.52. The summed E-state index contributed by atoms with van der Waals surface area (Å²) in [7, 11) is 1.64. The lowest BCUT2D eigenvalue weighted by Gasteiger charge is -2.24. The molecule has 0 unspecified atom stereocenters. The van der Waals surface area contributed by atoms with E-state index in [4.69, 9.17) is 10.5 Å². The minimum absolute atomic E-state index is 0.0636. The molecular formula is C17H28N2O2. The van der Waals surface area contributed by atoms with Crippen molar-refractivity contribution in [3.8, 4) is 5.75 Å². The monoisotopic (exact) mass is 292 g/mol. The molecule has 1 atom stereocenters. The number of hydrogen-bond acceptors (Lipinski definition) is 3. The summed E-state index contributed by atoms with van der Waals surface area (Å²) in [5.41, 5.74) is 6.70. The zero-order valence-electron chi connectivity index (χ0n) is 13.6. The van der Waals surface area contributed by atoms with Crippen LogP contribution in [0.5, 0.6) is 5.75 Å². The lowest BCUT2D eigenvalue weighted by molar-refractivity contribution is -0.122. The molecule has 1 aromatic rings. The van der Waals surface area contributed by atoms with E-state index in [0.29, 0.717) is 13.0 Å². The summed E-state index contributed by atoms with van der Waals surface area (Å²) in [6.45, 7) is 6.93. The molecule has 1 aromatic carbocycles. The molecule has 4 heteroatoms. The molecule has 0 radical (unpaired) electrons. The average Bonchev–Trinajstić information content (AvgIpc) is 2.45. The van der Waals surface area contributed by atoms with Crippen LogP contribution in [0, 0.1) is 5.41 Å². The maximum atomic E-state index is 12.1. The van der Waals surface area contributed by atoms with Crippen LogP contribution in [0.15, 0.2) is 24.3 Å². The number of amides is 1. The predicted octanol–water partition coefficient (Wildman–Crippen LogP) is 3.03. The number of hydrogen-bond donors (Lipinski definition) is 2. The predicted molar refractivity (Wildman–Crippen MR) is 86.2 cm³/mol. The van der Waals surface area contributed by atoms with Crippen LogP contribution in [-0.4, -0.2) is 19.6 Å². The van der Waals surface area contributed by atoms with Gasteiger partial charge in [0.1, 0.15) is 5.75 Å². The van der Waals surface area contributed by atoms with E-state index in [1.165, 1.54) is 0 Å². The van der Waals surface area contributed by atoms with Gasteiger partial charge in [0.25, 0.3) is 0 Å². The molecule has 3 N–H and O–H groups in total. The number of rotatable bonds is 8. The van der Waals surface area contributed by atoms with E-state index >= 15 is 0 Å². The Bertz CT molecular complexity index is 458. The summed E-state index contributed by atoms with van der Waals surface area (Å²) in [5.74, 6) is 0.868. The number of benzene rings is 1. The first-order valence-electron chi connectivity index (χ1n) is 7.52. The van der Waals surface area contributed by atoms with Crippen LogP contribution in [0.25, 0.3) is 0 Å². The third kappa shape index (κ3) is 5.76. The highest BCUT2D eigenvalue weighted by molar-refractivity contribution is 5.76. The first-order chi connectivity index (χ1) is 9.89. The van der Waals surface area contributed by atoms with Crippen molar-refractivity contribution in [3.05, 3.63) is 29.8 Å². The van der Waals surface area contributed by atoms with Crippen molar-refractivity contribution >= 4 is 5.91 Å². The van der Waals surface area contributed by atoms with Gasteiger partial charge in [-0.2, -0.15) is 0 Å². The Morgan fingerprint density at radius 2 is 2.00 bits per heavy atom. The molecule has 118 valence electrons.